The average Bonchev–Trinajstić information content (AvgIpc) is 3.02. The Kier molecular flexibility index (Phi) is 8.16. The number of guanidine groups is 1. The van der Waals surface area contributed by atoms with Crippen molar-refractivity contribution >= 4 is 29.9 Å². The molecule has 0 radical (unpaired) electrons. The number of hydrogen-bond acceptors (Lipinski definition) is 4. The highest BCUT2D eigenvalue weighted by atomic mass is 127. The van der Waals surface area contributed by atoms with Crippen LogP contribution in [0.2, 0.25) is 0 Å². The van der Waals surface area contributed by atoms with E-state index in [0.717, 1.165) is 37.0 Å². The number of aryl methyl sites for hydroxylation is 3. The van der Waals surface area contributed by atoms with Crippen molar-refractivity contribution < 1.29 is 0 Å². The van der Waals surface area contributed by atoms with Gasteiger partial charge in [-0.15, -0.1) is 24.0 Å². The summed E-state index contributed by atoms with van der Waals surface area (Å²) >= 11 is 0. The number of nitrogens with one attached hydrogen (secondary N) is 2. The first-order chi connectivity index (χ1) is 11.0. The third kappa shape index (κ3) is 5.18. The van der Waals surface area contributed by atoms with Gasteiger partial charge in [-0.25, -0.2) is 9.98 Å². The van der Waals surface area contributed by atoms with E-state index < -0.39 is 0 Å². The maximum Gasteiger partial charge on any atom is 0.191 e. The molecule has 8 nitrogen and oxygen atoms in total. The van der Waals surface area contributed by atoms with Gasteiger partial charge in [-0.2, -0.15) is 10.2 Å². The normalized spacial score (nSPS) is 11.3. The van der Waals surface area contributed by atoms with Gasteiger partial charge in [0.05, 0.1) is 5.69 Å². The summed E-state index contributed by atoms with van der Waals surface area (Å²) in [5.41, 5.74) is 3.60. The maximum absolute atomic E-state index is 4.55. The summed E-state index contributed by atoms with van der Waals surface area (Å²) in [6, 6.07) is 0. The smallest absolute Gasteiger partial charge is 0.191 e. The monoisotopic (exact) mass is 446 g/mol. The molecule has 2 aromatic heterocycles. The summed E-state index contributed by atoms with van der Waals surface area (Å²) in [4.78, 5) is 8.73. The highest BCUT2D eigenvalue weighted by molar-refractivity contribution is 14.0. The van der Waals surface area contributed by atoms with E-state index in [1.165, 1.54) is 11.3 Å². The lowest BCUT2D eigenvalue weighted by atomic mass is 10.1. The molecule has 0 fully saturated rings. The summed E-state index contributed by atoms with van der Waals surface area (Å²) in [6.45, 7) is 8.32. The number of rotatable bonds is 6. The van der Waals surface area contributed by atoms with E-state index in [1.54, 1.807) is 11.0 Å². The molecule has 0 spiro atoms. The Hall–Kier alpha value is -1.65. The highest BCUT2D eigenvalue weighted by Crippen LogP contribution is 2.11. The molecular formula is C15H27IN8. The lowest BCUT2D eigenvalue weighted by Crippen LogP contribution is -2.38. The van der Waals surface area contributed by atoms with Crippen molar-refractivity contribution in [1.82, 2.24) is 35.2 Å². The fourth-order valence-electron chi connectivity index (χ4n) is 2.44. The summed E-state index contributed by atoms with van der Waals surface area (Å²) in [7, 11) is 3.85. The van der Waals surface area contributed by atoms with Crippen molar-refractivity contribution in [3.05, 3.63) is 29.1 Å². The van der Waals surface area contributed by atoms with Gasteiger partial charge in [-0.3, -0.25) is 9.36 Å². The largest absolute Gasteiger partial charge is 0.357 e. The maximum atomic E-state index is 4.55. The molecule has 2 aromatic rings. The number of aromatic nitrogens is 5. The molecule has 0 saturated heterocycles. The van der Waals surface area contributed by atoms with Crippen LogP contribution in [0.4, 0.5) is 0 Å². The molecule has 9 heteroatoms. The van der Waals surface area contributed by atoms with Crippen LogP contribution < -0.4 is 10.6 Å². The molecular weight excluding hydrogens is 419 g/mol. The Bertz CT molecular complexity index is 673. The van der Waals surface area contributed by atoms with Gasteiger partial charge in [0, 0.05) is 32.9 Å². The van der Waals surface area contributed by atoms with Crippen LogP contribution in [-0.4, -0.2) is 43.6 Å². The van der Waals surface area contributed by atoms with Crippen molar-refractivity contribution in [3.63, 3.8) is 0 Å². The van der Waals surface area contributed by atoms with E-state index in [2.05, 4.69) is 51.6 Å². The number of aliphatic imine (C=N–C) groups is 1. The topological polar surface area (TPSA) is 84.9 Å². The highest BCUT2D eigenvalue weighted by Gasteiger charge is 2.09. The Labute approximate surface area is 160 Å². The lowest BCUT2D eigenvalue weighted by Gasteiger charge is -2.11. The predicted octanol–water partition coefficient (Wildman–Crippen LogP) is 1.08. The summed E-state index contributed by atoms with van der Waals surface area (Å²) < 4.78 is 3.66. The molecule has 2 N–H and O–H groups in total. The van der Waals surface area contributed by atoms with Crippen LogP contribution >= 0.6 is 24.0 Å². The van der Waals surface area contributed by atoms with E-state index in [0.29, 0.717) is 6.54 Å². The zero-order chi connectivity index (χ0) is 16.8. The molecule has 0 saturated carbocycles. The van der Waals surface area contributed by atoms with Gasteiger partial charge in [0.15, 0.2) is 5.96 Å². The molecule has 0 aromatic carbocycles. The Morgan fingerprint density at radius 1 is 1.21 bits per heavy atom. The van der Waals surface area contributed by atoms with E-state index in [1.807, 2.05) is 18.8 Å². The van der Waals surface area contributed by atoms with Crippen LogP contribution in [0.15, 0.2) is 11.3 Å². The van der Waals surface area contributed by atoms with Crippen LogP contribution in [0.3, 0.4) is 0 Å². The second-order valence-corrected chi connectivity index (χ2v) is 5.44. The molecule has 24 heavy (non-hydrogen) atoms. The molecule has 0 aliphatic carbocycles. The minimum atomic E-state index is 0. The quantitative estimate of drug-likeness (QED) is 0.394. The van der Waals surface area contributed by atoms with E-state index in [-0.39, 0.29) is 24.0 Å². The third-order valence-electron chi connectivity index (χ3n) is 3.85. The zero-order valence-electron chi connectivity index (χ0n) is 15.0. The van der Waals surface area contributed by atoms with Gasteiger partial charge in [-0.1, -0.05) is 0 Å². The third-order valence-corrected chi connectivity index (χ3v) is 3.85. The van der Waals surface area contributed by atoms with Crippen molar-refractivity contribution in [3.8, 4) is 0 Å². The van der Waals surface area contributed by atoms with Crippen LogP contribution in [-0.2, 0) is 27.1 Å². The molecule has 0 amide bonds. The Morgan fingerprint density at radius 2 is 1.96 bits per heavy atom. The van der Waals surface area contributed by atoms with Crippen LogP contribution in [0, 0.1) is 13.8 Å². The summed E-state index contributed by atoms with van der Waals surface area (Å²) in [6.07, 6.45) is 2.46. The van der Waals surface area contributed by atoms with Crippen molar-refractivity contribution in [2.75, 3.05) is 13.1 Å². The van der Waals surface area contributed by atoms with Gasteiger partial charge >= 0.3 is 0 Å². The average molecular weight is 446 g/mol. The van der Waals surface area contributed by atoms with Gasteiger partial charge in [0.2, 0.25) is 0 Å². The minimum Gasteiger partial charge on any atom is -0.357 e. The van der Waals surface area contributed by atoms with Crippen LogP contribution in [0.25, 0.3) is 0 Å². The first-order valence-corrected chi connectivity index (χ1v) is 7.87. The van der Waals surface area contributed by atoms with Gasteiger partial charge in [-0.05, 0) is 32.8 Å². The van der Waals surface area contributed by atoms with E-state index in [9.17, 15) is 0 Å². The molecule has 2 rings (SSSR count). The van der Waals surface area contributed by atoms with Crippen LogP contribution in [0.5, 0.6) is 0 Å². The SMILES string of the molecule is CCNC(=NCc1ncnn1C)NCCc1c(C)nn(C)c1C.I. The van der Waals surface area contributed by atoms with Gasteiger partial charge in [0.1, 0.15) is 18.7 Å². The Morgan fingerprint density at radius 3 is 2.50 bits per heavy atom. The second kappa shape index (κ2) is 9.60. The molecule has 2 heterocycles. The molecule has 0 aliphatic heterocycles. The number of hydrogen-bond donors (Lipinski definition) is 2. The number of nitrogens with zero attached hydrogens (tertiary/aromatic N) is 6. The molecule has 0 bridgehead atoms. The fraction of sp³-hybridized carbons (Fsp3) is 0.600. The predicted molar refractivity (Wildman–Crippen MR) is 106 cm³/mol. The molecule has 0 atom stereocenters. The van der Waals surface area contributed by atoms with Crippen molar-refractivity contribution in [2.24, 2.45) is 19.1 Å². The summed E-state index contributed by atoms with van der Waals surface area (Å²) in [5.74, 6) is 1.62. The standard InChI is InChI=1S/C15H26N8.HI/c1-6-16-15(18-9-14-19-10-20-23(14)5)17-8-7-13-11(2)21-22(4)12(13)3;/h10H,6-9H2,1-5H3,(H2,16,17,18);1H. The lowest BCUT2D eigenvalue weighted by molar-refractivity contribution is 0.697. The van der Waals surface area contributed by atoms with Gasteiger partial charge < -0.3 is 10.6 Å². The molecule has 0 aliphatic rings. The number of halogens is 1. The molecule has 134 valence electrons. The first kappa shape index (κ1) is 20.4. The summed E-state index contributed by atoms with van der Waals surface area (Å²) in [5, 5.41) is 15.1. The van der Waals surface area contributed by atoms with E-state index in [4.69, 9.17) is 0 Å². The van der Waals surface area contributed by atoms with Crippen molar-refractivity contribution in [1.29, 1.82) is 0 Å². The second-order valence-electron chi connectivity index (χ2n) is 5.44. The first-order valence-electron chi connectivity index (χ1n) is 7.87. The van der Waals surface area contributed by atoms with E-state index >= 15 is 0 Å². The minimum absolute atomic E-state index is 0. The van der Waals surface area contributed by atoms with Crippen molar-refractivity contribution in [2.45, 2.75) is 33.7 Å². The fourth-order valence-corrected chi connectivity index (χ4v) is 2.44. The van der Waals surface area contributed by atoms with Gasteiger partial charge in [0.25, 0.3) is 0 Å². The zero-order valence-corrected chi connectivity index (χ0v) is 17.3. The molecule has 0 unspecified atom stereocenters. The Balaban J connectivity index is 0.00000288. The van der Waals surface area contributed by atoms with Crippen LogP contribution in [0.1, 0.15) is 29.7 Å².